The van der Waals surface area contributed by atoms with Crippen molar-refractivity contribution >= 4 is 12.4 Å². The van der Waals surface area contributed by atoms with Crippen LogP contribution in [0.2, 0.25) is 0 Å². The summed E-state index contributed by atoms with van der Waals surface area (Å²) in [5.41, 5.74) is 3.48. The Kier molecular flexibility index (Phi) is 2.81. The quantitative estimate of drug-likeness (QED) is 0.723. The van der Waals surface area contributed by atoms with E-state index < -0.39 is 0 Å². The third-order valence-electron chi connectivity index (χ3n) is 3.56. The van der Waals surface area contributed by atoms with Crippen LogP contribution >= 0.6 is 0 Å². The summed E-state index contributed by atoms with van der Waals surface area (Å²) in [6, 6.07) is 18.3. The fourth-order valence-electron chi connectivity index (χ4n) is 2.64. The molecular formula is C17H14O. The van der Waals surface area contributed by atoms with Gasteiger partial charge in [0.1, 0.15) is 6.29 Å². The van der Waals surface area contributed by atoms with E-state index in [2.05, 4.69) is 30.4 Å². The van der Waals surface area contributed by atoms with Crippen molar-refractivity contribution in [3.8, 4) is 0 Å². The highest BCUT2D eigenvalue weighted by Crippen LogP contribution is 2.38. The van der Waals surface area contributed by atoms with Crippen molar-refractivity contribution in [1.29, 1.82) is 0 Å². The molecule has 1 aliphatic carbocycles. The van der Waals surface area contributed by atoms with E-state index in [-0.39, 0.29) is 11.8 Å². The molecule has 18 heavy (non-hydrogen) atoms. The molecule has 88 valence electrons. The second-order valence-electron chi connectivity index (χ2n) is 4.59. The van der Waals surface area contributed by atoms with Crippen LogP contribution in [0.15, 0.2) is 60.7 Å². The standard InChI is InChI=1S/C17H14O/c18-12-17-15-9-5-4-8-14(15)10-11-16(17)13-6-2-1-3-7-13/h1-12,16-17H/t16-,17-/m1/s1. The molecule has 0 aliphatic heterocycles. The Hall–Kier alpha value is -2.15. The van der Waals surface area contributed by atoms with E-state index in [0.29, 0.717) is 0 Å². The zero-order chi connectivity index (χ0) is 12.4. The average molecular weight is 234 g/mol. The first kappa shape index (κ1) is 11.0. The molecule has 1 aliphatic rings. The molecule has 0 heterocycles. The summed E-state index contributed by atoms with van der Waals surface area (Å²) in [7, 11) is 0. The van der Waals surface area contributed by atoms with Gasteiger partial charge in [-0.1, -0.05) is 66.7 Å². The van der Waals surface area contributed by atoms with Crippen LogP contribution in [0.4, 0.5) is 0 Å². The van der Waals surface area contributed by atoms with Gasteiger partial charge in [0.05, 0.1) is 5.92 Å². The smallest absolute Gasteiger partial charge is 0.128 e. The monoisotopic (exact) mass is 234 g/mol. The number of hydrogen-bond donors (Lipinski definition) is 0. The molecular weight excluding hydrogens is 220 g/mol. The third kappa shape index (κ3) is 1.78. The number of allylic oxidation sites excluding steroid dienone is 1. The van der Waals surface area contributed by atoms with Crippen LogP contribution in [0.25, 0.3) is 6.08 Å². The topological polar surface area (TPSA) is 17.1 Å². The van der Waals surface area contributed by atoms with Crippen molar-refractivity contribution in [2.45, 2.75) is 11.8 Å². The third-order valence-corrected chi connectivity index (χ3v) is 3.56. The van der Waals surface area contributed by atoms with E-state index in [0.717, 1.165) is 17.4 Å². The van der Waals surface area contributed by atoms with Gasteiger partial charge in [0.2, 0.25) is 0 Å². The normalized spacial score (nSPS) is 21.3. The Bertz CT molecular complexity index is 584. The molecule has 0 N–H and O–H groups in total. The second-order valence-corrected chi connectivity index (χ2v) is 4.59. The molecule has 2 aromatic carbocycles. The molecule has 2 atom stereocenters. The fraction of sp³-hybridized carbons (Fsp3) is 0.118. The summed E-state index contributed by atoms with van der Waals surface area (Å²) in [6.07, 6.45) is 5.32. The lowest BCUT2D eigenvalue weighted by molar-refractivity contribution is -0.109. The summed E-state index contributed by atoms with van der Waals surface area (Å²) in [5, 5.41) is 0. The van der Waals surface area contributed by atoms with E-state index in [1.54, 1.807) is 0 Å². The molecule has 1 nitrogen and oxygen atoms in total. The molecule has 1 heteroatoms. The fourth-order valence-corrected chi connectivity index (χ4v) is 2.64. The SMILES string of the molecule is O=C[C@@H]1c2ccccc2C=C[C@@H]1c1ccccc1. The molecule has 3 rings (SSSR count). The summed E-state index contributed by atoms with van der Waals surface area (Å²) in [5.74, 6) is 0.0761. The van der Waals surface area contributed by atoms with Gasteiger partial charge in [-0.2, -0.15) is 0 Å². The van der Waals surface area contributed by atoms with Crippen molar-refractivity contribution in [2.75, 3.05) is 0 Å². The number of carbonyl (C=O) groups excluding carboxylic acids is 1. The maximum absolute atomic E-state index is 11.5. The van der Waals surface area contributed by atoms with Crippen molar-refractivity contribution in [3.63, 3.8) is 0 Å². The van der Waals surface area contributed by atoms with Crippen molar-refractivity contribution < 1.29 is 4.79 Å². The largest absolute Gasteiger partial charge is 0.303 e. The minimum Gasteiger partial charge on any atom is -0.303 e. The number of aldehydes is 1. The van der Waals surface area contributed by atoms with Crippen LogP contribution in [0, 0.1) is 0 Å². The van der Waals surface area contributed by atoms with Crippen LogP contribution in [-0.2, 0) is 4.79 Å². The zero-order valence-corrected chi connectivity index (χ0v) is 9.99. The van der Waals surface area contributed by atoms with Crippen LogP contribution in [0.1, 0.15) is 28.5 Å². The lowest BCUT2D eigenvalue weighted by Gasteiger charge is -2.26. The lowest BCUT2D eigenvalue weighted by atomic mass is 9.77. The molecule has 0 saturated carbocycles. The number of fused-ring (bicyclic) bond motifs is 1. The number of carbonyl (C=O) groups is 1. The van der Waals surface area contributed by atoms with Gasteiger partial charge in [-0.15, -0.1) is 0 Å². The maximum Gasteiger partial charge on any atom is 0.128 e. The molecule has 0 radical (unpaired) electrons. The van der Waals surface area contributed by atoms with Crippen LogP contribution in [0.5, 0.6) is 0 Å². The second kappa shape index (κ2) is 4.61. The van der Waals surface area contributed by atoms with Gasteiger partial charge in [-0.05, 0) is 16.7 Å². The van der Waals surface area contributed by atoms with Gasteiger partial charge in [-0.3, -0.25) is 0 Å². The lowest BCUT2D eigenvalue weighted by Crippen LogP contribution is -2.15. The van der Waals surface area contributed by atoms with E-state index in [9.17, 15) is 4.79 Å². The van der Waals surface area contributed by atoms with Gasteiger partial charge in [0.25, 0.3) is 0 Å². The Morgan fingerprint density at radius 1 is 0.889 bits per heavy atom. The summed E-state index contributed by atoms with van der Waals surface area (Å²) in [6.45, 7) is 0. The van der Waals surface area contributed by atoms with Crippen molar-refractivity contribution in [2.24, 2.45) is 0 Å². The van der Waals surface area contributed by atoms with Crippen molar-refractivity contribution in [1.82, 2.24) is 0 Å². The molecule has 0 spiro atoms. The van der Waals surface area contributed by atoms with Crippen molar-refractivity contribution in [3.05, 3.63) is 77.4 Å². The Morgan fingerprint density at radius 2 is 1.61 bits per heavy atom. The summed E-state index contributed by atoms with van der Waals surface area (Å²) < 4.78 is 0. The van der Waals surface area contributed by atoms with Gasteiger partial charge in [0.15, 0.2) is 0 Å². The Morgan fingerprint density at radius 3 is 2.39 bits per heavy atom. The van der Waals surface area contributed by atoms with E-state index in [1.807, 2.05) is 36.4 Å². The summed E-state index contributed by atoms with van der Waals surface area (Å²) in [4.78, 5) is 11.5. The molecule has 0 fully saturated rings. The number of hydrogen-bond acceptors (Lipinski definition) is 1. The maximum atomic E-state index is 11.5. The first-order valence-corrected chi connectivity index (χ1v) is 6.17. The average Bonchev–Trinajstić information content (AvgIpc) is 2.47. The minimum absolute atomic E-state index is 0.0754. The molecule has 0 unspecified atom stereocenters. The van der Waals surface area contributed by atoms with Gasteiger partial charge in [-0.25, -0.2) is 0 Å². The first-order chi connectivity index (χ1) is 8.90. The Labute approximate surface area is 107 Å². The number of rotatable bonds is 2. The minimum atomic E-state index is -0.0754. The van der Waals surface area contributed by atoms with Gasteiger partial charge >= 0.3 is 0 Å². The molecule has 0 aromatic heterocycles. The zero-order valence-electron chi connectivity index (χ0n) is 9.99. The van der Waals surface area contributed by atoms with Gasteiger partial charge in [0, 0.05) is 5.92 Å². The van der Waals surface area contributed by atoms with Crippen LogP contribution in [-0.4, -0.2) is 6.29 Å². The molecule has 0 saturated heterocycles. The Balaban J connectivity index is 2.08. The van der Waals surface area contributed by atoms with E-state index in [1.165, 1.54) is 5.56 Å². The number of benzene rings is 2. The molecule has 2 aromatic rings. The predicted molar refractivity (Wildman–Crippen MR) is 73.5 cm³/mol. The molecule has 0 amide bonds. The molecule has 0 bridgehead atoms. The van der Waals surface area contributed by atoms with Crippen LogP contribution in [0.3, 0.4) is 0 Å². The first-order valence-electron chi connectivity index (χ1n) is 6.17. The highest BCUT2D eigenvalue weighted by Gasteiger charge is 2.26. The van der Waals surface area contributed by atoms with Gasteiger partial charge < -0.3 is 4.79 Å². The summed E-state index contributed by atoms with van der Waals surface area (Å²) >= 11 is 0. The predicted octanol–water partition coefficient (Wildman–Crippen LogP) is 3.78. The highest BCUT2D eigenvalue weighted by molar-refractivity contribution is 5.73. The highest BCUT2D eigenvalue weighted by atomic mass is 16.1. The van der Waals surface area contributed by atoms with E-state index >= 15 is 0 Å². The van der Waals surface area contributed by atoms with Crippen LogP contribution < -0.4 is 0 Å². The van der Waals surface area contributed by atoms with E-state index in [4.69, 9.17) is 0 Å².